The van der Waals surface area contributed by atoms with Crippen molar-refractivity contribution in [2.24, 2.45) is 23.7 Å². The van der Waals surface area contributed by atoms with Crippen LogP contribution >= 0.6 is 0 Å². The number of allylic oxidation sites excluding steroid dienone is 2. The Labute approximate surface area is 153 Å². The van der Waals surface area contributed by atoms with Crippen molar-refractivity contribution in [2.45, 2.75) is 38.1 Å². The van der Waals surface area contributed by atoms with Gasteiger partial charge in [0.1, 0.15) is 12.6 Å². The third kappa shape index (κ3) is 2.49. The van der Waals surface area contributed by atoms with E-state index in [9.17, 15) is 9.59 Å². The van der Waals surface area contributed by atoms with Crippen molar-refractivity contribution in [3.8, 4) is 0 Å². The predicted molar refractivity (Wildman–Crippen MR) is 93.6 cm³/mol. The molecule has 5 rings (SSSR count). The van der Waals surface area contributed by atoms with Gasteiger partial charge in [0.25, 0.3) is 0 Å². The summed E-state index contributed by atoms with van der Waals surface area (Å²) in [5.41, 5.74) is 0.982. The zero-order chi connectivity index (χ0) is 17.7. The van der Waals surface area contributed by atoms with Crippen LogP contribution in [0.4, 0.5) is 0 Å². The number of hydrogen-bond acceptors (Lipinski definition) is 5. The maximum Gasteiger partial charge on any atom is 0.323 e. The monoisotopic (exact) mass is 353 g/mol. The van der Waals surface area contributed by atoms with Crippen molar-refractivity contribution < 1.29 is 19.1 Å². The third-order valence-electron chi connectivity index (χ3n) is 6.48. The van der Waals surface area contributed by atoms with Crippen molar-refractivity contribution in [3.05, 3.63) is 48.0 Å². The van der Waals surface area contributed by atoms with Crippen LogP contribution in [0.25, 0.3) is 0 Å². The molecule has 2 aliphatic carbocycles. The fraction of sp³-hybridized carbons (Fsp3) is 0.524. The summed E-state index contributed by atoms with van der Waals surface area (Å²) in [4.78, 5) is 27.2. The van der Waals surface area contributed by atoms with Gasteiger partial charge >= 0.3 is 11.9 Å². The first kappa shape index (κ1) is 16.1. The molecule has 2 heterocycles. The van der Waals surface area contributed by atoms with Crippen LogP contribution in [0.3, 0.4) is 0 Å². The van der Waals surface area contributed by atoms with Gasteiger partial charge in [-0.1, -0.05) is 42.5 Å². The molecule has 0 unspecified atom stereocenters. The van der Waals surface area contributed by atoms with Gasteiger partial charge < -0.3 is 9.47 Å². The van der Waals surface area contributed by atoms with Crippen LogP contribution in [0.2, 0.25) is 0 Å². The zero-order valence-corrected chi connectivity index (χ0v) is 14.6. The molecule has 1 aromatic rings. The minimum Gasteiger partial charge on any atom is -0.460 e. The number of likely N-dealkylation sites (tertiary alicyclic amines) is 1. The summed E-state index contributed by atoms with van der Waals surface area (Å²) in [7, 11) is 0. The molecule has 5 nitrogen and oxygen atoms in total. The van der Waals surface area contributed by atoms with E-state index in [2.05, 4.69) is 17.1 Å². The second-order valence-corrected chi connectivity index (χ2v) is 7.87. The molecule has 6 atom stereocenters. The molecular formula is C21H23NO4. The SMILES string of the molecule is O=C1O[C@H](N2CCC[C@@H]2C(=O)OCc2ccccc2)[C@@H]2[C@H]1[C@@H]1C=C[C@H]2C1. The Morgan fingerprint density at radius 3 is 2.85 bits per heavy atom. The molecule has 26 heavy (non-hydrogen) atoms. The average Bonchev–Trinajstić information content (AvgIpc) is 3.43. The van der Waals surface area contributed by atoms with E-state index in [0.29, 0.717) is 11.8 Å². The highest BCUT2D eigenvalue weighted by Gasteiger charge is 2.60. The Kier molecular flexibility index (Phi) is 3.85. The Bertz CT molecular complexity index is 746. The van der Waals surface area contributed by atoms with Crippen LogP contribution in [-0.2, 0) is 25.7 Å². The normalized spacial score (nSPS) is 37.8. The fourth-order valence-electron chi connectivity index (χ4n) is 5.32. The van der Waals surface area contributed by atoms with Gasteiger partial charge in [-0.15, -0.1) is 0 Å². The fourth-order valence-corrected chi connectivity index (χ4v) is 5.32. The Balaban J connectivity index is 1.29. The van der Waals surface area contributed by atoms with Crippen LogP contribution in [0.5, 0.6) is 0 Å². The van der Waals surface area contributed by atoms with E-state index in [4.69, 9.17) is 9.47 Å². The molecule has 2 aliphatic heterocycles. The number of benzene rings is 1. The van der Waals surface area contributed by atoms with Crippen LogP contribution < -0.4 is 0 Å². The first-order valence-electron chi connectivity index (χ1n) is 9.57. The Morgan fingerprint density at radius 1 is 1.19 bits per heavy atom. The zero-order valence-electron chi connectivity index (χ0n) is 14.6. The van der Waals surface area contributed by atoms with Gasteiger partial charge in [0, 0.05) is 12.5 Å². The number of cyclic esters (lactones) is 1. The largest absolute Gasteiger partial charge is 0.460 e. The number of carbonyl (C=O) groups is 2. The summed E-state index contributed by atoms with van der Waals surface area (Å²) in [5.74, 6) is 0.623. The number of ether oxygens (including phenoxy) is 2. The van der Waals surface area contributed by atoms with Crippen LogP contribution in [-0.4, -0.2) is 35.7 Å². The molecule has 136 valence electrons. The highest BCUT2D eigenvalue weighted by Crippen LogP contribution is 2.54. The number of rotatable bonds is 4. The van der Waals surface area contributed by atoms with E-state index in [-0.39, 0.29) is 42.7 Å². The van der Waals surface area contributed by atoms with Gasteiger partial charge in [0.2, 0.25) is 0 Å². The van der Waals surface area contributed by atoms with E-state index in [1.807, 2.05) is 30.3 Å². The molecule has 0 radical (unpaired) electrons. The van der Waals surface area contributed by atoms with Crippen LogP contribution in [0.15, 0.2) is 42.5 Å². The Morgan fingerprint density at radius 2 is 2.00 bits per heavy atom. The first-order valence-corrected chi connectivity index (χ1v) is 9.57. The molecule has 0 aromatic heterocycles. The first-order chi connectivity index (χ1) is 12.7. The van der Waals surface area contributed by atoms with Gasteiger partial charge in [-0.05, 0) is 36.7 Å². The second-order valence-electron chi connectivity index (χ2n) is 7.87. The smallest absolute Gasteiger partial charge is 0.323 e. The maximum absolute atomic E-state index is 12.7. The number of hydrogen-bond donors (Lipinski definition) is 0. The summed E-state index contributed by atoms with van der Waals surface area (Å²) in [6.07, 6.45) is 6.88. The summed E-state index contributed by atoms with van der Waals surface area (Å²) >= 11 is 0. The summed E-state index contributed by atoms with van der Waals surface area (Å²) in [6, 6.07) is 9.41. The standard InChI is InChI=1S/C21H23NO4/c23-20(25-12-13-5-2-1-3-6-13)16-7-4-10-22(16)19-17-14-8-9-15(11-14)18(17)21(24)26-19/h1-3,5-6,8-9,14-19H,4,7,10-12H2/t14-,15+,16+,17-,18+,19-/m0/s1. The minimum atomic E-state index is -0.307. The quantitative estimate of drug-likeness (QED) is 0.615. The number of esters is 2. The maximum atomic E-state index is 12.7. The molecule has 1 saturated carbocycles. The van der Waals surface area contributed by atoms with Gasteiger partial charge in [0.05, 0.1) is 5.92 Å². The Hall–Kier alpha value is -2.14. The van der Waals surface area contributed by atoms with E-state index in [1.54, 1.807) is 0 Å². The molecule has 1 aromatic carbocycles. The summed E-state index contributed by atoms with van der Waals surface area (Å²) in [6.45, 7) is 1.07. The van der Waals surface area contributed by atoms with Gasteiger partial charge in [-0.25, -0.2) is 0 Å². The van der Waals surface area contributed by atoms with Crippen molar-refractivity contribution in [1.29, 1.82) is 0 Å². The summed E-state index contributed by atoms with van der Waals surface area (Å²) < 4.78 is 11.3. The minimum absolute atomic E-state index is 0.0170. The number of carbonyl (C=O) groups excluding carboxylic acids is 2. The second kappa shape index (κ2) is 6.23. The van der Waals surface area contributed by atoms with Gasteiger partial charge in [0.15, 0.2) is 6.23 Å². The van der Waals surface area contributed by atoms with Crippen LogP contribution in [0, 0.1) is 23.7 Å². The van der Waals surface area contributed by atoms with Crippen molar-refractivity contribution in [3.63, 3.8) is 0 Å². The van der Waals surface area contributed by atoms with Crippen molar-refractivity contribution >= 4 is 11.9 Å². The predicted octanol–water partition coefficient (Wildman–Crippen LogP) is 2.52. The van der Waals surface area contributed by atoms with E-state index in [0.717, 1.165) is 31.4 Å². The lowest BCUT2D eigenvalue weighted by Crippen LogP contribution is -2.47. The molecule has 0 N–H and O–H groups in total. The average molecular weight is 353 g/mol. The van der Waals surface area contributed by atoms with E-state index >= 15 is 0 Å². The number of fused-ring (bicyclic) bond motifs is 5. The molecule has 2 saturated heterocycles. The lowest BCUT2D eigenvalue weighted by Gasteiger charge is -2.33. The third-order valence-corrected chi connectivity index (χ3v) is 6.48. The van der Waals surface area contributed by atoms with E-state index < -0.39 is 0 Å². The van der Waals surface area contributed by atoms with E-state index in [1.165, 1.54) is 0 Å². The van der Waals surface area contributed by atoms with Gasteiger partial charge in [-0.2, -0.15) is 0 Å². The van der Waals surface area contributed by atoms with Crippen molar-refractivity contribution in [2.75, 3.05) is 6.54 Å². The van der Waals surface area contributed by atoms with Gasteiger partial charge in [-0.3, -0.25) is 14.5 Å². The lowest BCUT2D eigenvalue weighted by atomic mass is 9.83. The lowest BCUT2D eigenvalue weighted by molar-refractivity contribution is -0.163. The highest BCUT2D eigenvalue weighted by atomic mass is 16.6. The molecule has 4 aliphatic rings. The molecule has 0 amide bonds. The molecular weight excluding hydrogens is 330 g/mol. The highest BCUT2D eigenvalue weighted by molar-refractivity contribution is 5.78. The molecule has 0 spiro atoms. The summed E-state index contributed by atoms with van der Waals surface area (Å²) in [5, 5.41) is 0. The molecule has 3 fully saturated rings. The topological polar surface area (TPSA) is 55.8 Å². The van der Waals surface area contributed by atoms with Crippen LogP contribution in [0.1, 0.15) is 24.8 Å². The molecule has 5 heteroatoms. The van der Waals surface area contributed by atoms with Crippen molar-refractivity contribution in [1.82, 2.24) is 4.90 Å². The molecule has 2 bridgehead atoms. The number of nitrogens with zero attached hydrogens (tertiary/aromatic N) is 1.